The maximum atomic E-state index is 12.9. The summed E-state index contributed by atoms with van der Waals surface area (Å²) in [5, 5.41) is 7.83. The molecule has 4 rings (SSSR count). The third-order valence-corrected chi connectivity index (χ3v) is 8.12. The highest BCUT2D eigenvalue weighted by molar-refractivity contribution is 7.91. The van der Waals surface area contributed by atoms with E-state index in [1.165, 1.54) is 18.5 Å². The third kappa shape index (κ3) is 4.85. The number of sulfone groups is 1. The highest BCUT2D eigenvalue weighted by Gasteiger charge is 2.33. The average molecular weight is 459 g/mol. The van der Waals surface area contributed by atoms with E-state index in [0.29, 0.717) is 16.5 Å². The first kappa shape index (κ1) is 22.8. The van der Waals surface area contributed by atoms with Gasteiger partial charge >= 0.3 is 0 Å². The number of aromatic nitrogens is 2. The predicted octanol–water partition coefficient (Wildman–Crippen LogP) is 3.71. The highest BCUT2D eigenvalue weighted by Crippen LogP contribution is 2.41. The second-order valence-corrected chi connectivity index (χ2v) is 12.2. The van der Waals surface area contributed by atoms with Crippen LogP contribution in [0.4, 0.5) is 5.69 Å². The van der Waals surface area contributed by atoms with E-state index >= 15 is 0 Å². The second kappa shape index (κ2) is 8.54. The Kier molecular flexibility index (Phi) is 6.09. The first-order valence-corrected chi connectivity index (χ1v) is 13.2. The minimum atomic E-state index is -3.18. The van der Waals surface area contributed by atoms with Crippen molar-refractivity contribution in [3.05, 3.63) is 41.7 Å². The van der Waals surface area contributed by atoms with Crippen LogP contribution in [0.1, 0.15) is 75.5 Å². The number of piperidine rings is 1. The van der Waals surface area contributed by atoms with Crippen molar-refractivity contribution in [2.45, 2.75) is 75.8 Å². The number of carbonyl (C=O) groups excluding carboxylic acids is 1. The SMILES string of the molecule is CCS(=O)(=O)c1ccc(N2CCC(NC(=O)c3cc(C4CC4)n(C(C)(C)C)n3)CC2)cc1. The van der Waals surface area contributed by atoms with Crippen molar-refractivity contribution >= 4 is 21.4 Å². The van der Waals surface area contributed by atoms with E-state index in [4.69, 9.17) is 0 Å². The van der Waals surface area contributed by atoms with Crippen molar-refractivity contribution in [2.75, 3.05) is 23.7 Å². The fourth-order valence-electron chi connectivity index (χ4n) is 4.29. The largest absolute Gasteiger partial charge is 0.371 e. The number of amides is 1. The molecule has 1 aliphatic carbocycles. The number of nitrogens with one attached hydrogen (secondary N) is 1. The van der Waals surface area contributed by atoms with E-state index < -0.39 is 9.84 Å². The van der Waals surface area contributed by atoms with Gasteiger partial charge in [-0.15, -0.1) is 0 Å². The van der Waals surface area contributed by atoms with Crippen molar-refractivity contribution in [1.29, 1.82) is 0 Å². The molecule has 0 radical (unpaired) electrons. The topological polar surface area (TPSA) is 84.3 Å². The number of nitrogens with zero attached hydrogens (tertiary/aromatic N) is 3. The van der Waals surface area contributed by atoms with Gasteiger partial charge in [0.1, 0.15) is 5.69 Å². The van der Waals surface area contributed by atoms with Crippen LogP contribution in [0.5, 0.6) is 0 Å². The molecule has 2 heterocycles. The number of carbonyl (C=O) groups is 1. The summed E-state index contributed by atoms with van der Waals surface area (Å²) in [6, 6.07) is 9.21. The van der Waals surface area contributed by atoms with Crippen LogP contribution < -0.4 is 10.2 Å². The summed E-state index contributed by atoms with van der Waals surface area (Å²) in [7, 11) is -3.18. The Morgan fingerprint density at radius 1 is 1.09 bits per heavy atom. The zero-order valence-electron chi connectivity index (χ0n) is 19.5. The molecule has 1 amide bonds. The lowest BCUT2D eigenvalue weighted by Crippen LogP contribution is -2.44. The van der Waals surface area contributed by atoms with E-state index in [1.807, 2.05) is 22.9 Å². The molecule has 0 unspecified atom stereocenters. The van der Waals surface area contributed by atoms with E-state index in [0.717, 1.165) is 31.6 Å². The van der Waals surface area contributed by atoms with Gasteiger partial charge in [0.2, 0.25) is 0 Å². The molecule has 1 saturated heterocycles. The van der Waals surface area contributed by atoms with Gasteiger partial charge in [-0.25, -0.2) is 8.42 Å². The molecule has 1 aliphatic heterocycles. The zero-order chi connectivity index (χ0) is 23.1. The van der Waals surface area contributed by atoms with E-state index in [9.17, 15) is 13.2 Å². The van der Waals surface area contributed by atoms with Gasteiger partial charge in [-0.2, -0.15) is 5.10 Å². The number of hydrogen-bond donors (Lipinski definition) is 1. The lowest BCUT2D eigenvalue weighted by Gasteiger charge is -2.34. The van der Waals surface area contributed by atoms with Crippen molar-refractivity contribution in [1.82, 2.24) is 15.1 Å². The summed E-state index contributed by atoms with van der Waals surface area (Å²) in [6.07, 6.45) is 4.03. The van der Waals surface area contributed by atoms with Crippen molar-refractivity contribution in [2.24, 2.45) is 0 Å². The van der Waals surface area contributed by atoms with Gasteiger partial charge in [-0.1, -0.05) is 6.92 Å². The summed E-state index contributed by atoms with van der Waals surface area (Å²) in [5.41, 5.74) is 2.55. The van der Waals surface area contributed by atoms with Gasteiger partial charge < -0.3 is 10.2 Å². The second-order valence-electron chi connectivity index (χ2n) is 9.94. The summed E-state index contributed by atoms with van der Waals surface area (Å²) in [4.78, 5) is 15.5. The van der Waals surface area contributed by atoms with Gasteiger partial charge in [-0.3, -0.25) is 9.48 Å². The Bertz CT molecular complexity index is 1070. The molecule has 174 valence electrons. The average Bonchev–Trinajstić information content (AvgIpc) is 3.50. The van der Waals surface area contributed by atoms with Crippen LogP contribution in [0.2, 0.25) is 0 Å². The molecule has 0 atom stereocenters. The smallest absolute Gasteiger partial charge is 0.272 e. The van der Waals surface area contributed by atoms with Crippen LogP contribution in [0.15, 0.2) is 35.2 Å². The van der Waals surface area contributed by atoms with Crippen molar-refractivity contribution in [3.63, 3.8) is 0 Å². The lowest BCUT2D eigenvalue weighted by molar-refractivity contribution is 0.0924. The van der Waals surface area contributed by atoms with Gasteiger partial charge in [-0.05, 0) is 76.8 Å². The Morgan fingerprint density at radius 3 is 2.25 bits per heavy atom. The fourth-order valence-corrected chi connectivity index (χ4v) is 5.17. The normalized spacial score (nSPS) is 18.1. The minimum absolute atomic E-state index is 0.0949. The monoisotopic (exact) mass is 458 g/mol. The summed E-state index contributed by atoms with van der Waals surface area (Å²) in [5.74, 6) is 0.542. The van der Waals surface area contributed by atoms with Gasteiger partial charge in [0.15, 0.2) is 9.84 Å². The quantitative estimate of drug-likeness (QED) is 0.713. The molecule has 1 aromatic carbocycles. The third-order valence-electron chi connectivity index (χ3n) is 6.37. The van der Waals surface area contributed by atoms with Crippen LogP contribution in [0, 0.1) is 0 Å². The first-order valence-electron chi connectivity index (χ1n) is 11.6. The predicted molar refractivity (Wildman–Crippen MR) is 126 cm³/mol. The Balaban J connectivity index is 1.36. The molecular formula is C24H34N4O3S. The molecular weight excluding hydrogens is 424 g/mol. The summed E-state index contributed by atoms with van der Waals surface area (Å²) in [6.45, 7) is 9.64. The molecule has 2 fully saturated rings. The van der Waals surface area contributed by atoms with E-state index in [1.54, 1.807) is 19.1 Å². The molecule has 1 saturated carbocycles. The zero-order valence-corrected chi connectivity index (χ0v) is 20.3. The Morgan fingerprint density at radius 2 is 1.72 bits per heavy atom. The number of benzene rings is 1. The van der Waals surface area contributed by atoms with Crippen LogP contribution in [0.25, 0.3) is 0 Å². The van der Waals surface area contributed by atoms with Crippen LogP contribution in [-0.2, 0) is 15.4 Å². The van der Waals surface area contributed by atoms with Gasteiger partial charge in [0, 0.05) is 36.4 Å². The molecule has 7 nitrogen and oxygen atoms in total. The fraction of sp³-hybridized carbons (Fsp3) is 0.583. The van der Waals surface area contributed by atoms with Gasteiger partial charge in [0.05, 0.1) is 16.2 Å². The van der Waals surface area contributed by atoms with Gasteiger partial charge in [0.25, 0.3) is 5.91 Å². The van der Waals surface area contributed by atoms with Crippen LogP contribution >= 0.6 is 0 Å². The van der Waals surface area contributed by atoms with Crippen LogP contribution in [-0.4, -0.2) is 49.0 Å². The number of hydrogen-bond acceptors (Lipinski definition) is 5. The lowest BCUT2D eigenvalue weighted by atomic mass is 10.0. The van der Waals surface area contributed by atoms with Crippen molar-refractivity contribution in [3.8, 4) is 0 Å². The van der Waals surface area contributed by atoms with Crippen molar-refractivity contribution < 1.29 is 13.2 Å². The maximum Gasteiger partial charge on any atom is 0.272 e. The molecule has 1 N–H and O–H groups in total. The van der Waals surface area contributed by atoms with E-state index in [-0.39, 0.29) is 23.2 Å². The summed E-state index contributed by atoms with van der Waals surface area (Å²) >= 11 is 0. The minimum Gasteiger partial charge on any atom is -0.371 e. The highest BCUT2D eigenvalue weighted by atomic mass is 32.2. The molecule has 32 heavy (non-hydrogen) atoms. The van der Waals surface area contributed by atoms with Crippen LogP contribution in [0.3, 0.4) is 0 Å². The molecule has 2 aromatic rings. The first-order chi connectivity index (χ1) is 15.1. The summed E-state index contributed by atoms with van der Waals surface area (Å²) < 4.78 is 26.0. The molecule has 8 heteroatoms. The molecule has 0 spiro atoms. The molecule has 2 aliphatic rings. The standard InChI is InChI=1S/C24H34N4O3S/c1-5-32(30,31)20-10-8-19(9-11-20)27-14-12-18(13-15-27)25-23(29)21-16-22(17-6-7-17)28(26-21)24(2,3)4/h8-11,16-18H,5-7,12-15H2,1-4H3,(H,25,29). The number of rotatable bonds is 6. The Labute approximate surface area is 191 Å². The molecule has 0 bridgehead atoms. The molecule has 1 aromatic heterocycles. The number of anilines is 1. The maximum absolute atomic E-state index is 12.9. The Hall–Kier alpha value is -2.35. The van der Waals surface area contributed by atoms with E-state index in [2.05, 4.69) is 36.1 Å².